The predicted octanol–water partition coefficient (Wildman–Crippen LogP) is 2.38. The van der Waals surface area contributed by atoms with Crippen molar-refractivity contribution in [2.24, 2.45) is 0 Å². The number of fused-ring (bicyclic) bond motifs is 1. The number of nitrogens with zero attached hydrogens (tertiary/aromatic N) is 2. The van der Waals surface area contributed by atoms with Gasteiger partial charge in [-0.3, -0.25) is 9.48 Å². The van der Waals surface area contributed by atoms with Gasteiger partial charge in [-0.1, -0.05) is 0 Å². The standard InChI is InChI=1S/C19H23N3O4S/c1-26-15-8-6-13(7-9-15)20-19(23)18-16-4-2-3-5-17(16)22(21-18)14-10-11-27(24,25)12-14/h6-9,14H,2-5,10-12H2,1H3,(H,20,23)/t14-/m0/s1. The lowest BCUT2D eigenvalue weighted by Crippen LogP contribution is -2.17. The second kappa shape index (κ2) is 6.99. The maximum Gasteiger partial charge on any atom is 0.276 e. The predicted molar refractivity (Wildman–Crippen MR) is 102 cm³/mol. The van der Waals surface area contributed by atoms with Crippen LogP contribution in [-0.4, -0.2) is 42.7 Å². The van der Waals surface area contributed by atoms with Crippen molar-refractivity contribution in [1.82, 2.24) is 9.78 Å². The van der Waals surface area contributed by atoms with E-state index < -0.39 is 9.84 Å². The van der Waals surface area contributed by atoms with Gasteiger partial charge in [-0.15, -0.1) is 0 Å². The fraction of sp³-hybridized carbons (Fsp3) is 0.474. The van der Waals surface area contributed by atoms with Crippen molar-refractivity contribution in [3.63, 3.8) is 0 Å². The summed E-state index contributed by atoms with van der Waals surface area (Å²) in [7, 11) is -1.42. The van der Waals surface area contributed by atoms with Crippen molar-refractivity contribution in [3.05, 3.63) is 41.2 Å². The second-order valence-corrected chi connectivity index (χ2v) is 9.39. The van der Waals surface area contributed by atoms with E-state index in [1.54, 1.807) is 31.4 Å². The Balaban J connectivity index is 1.63. The second-order valence-electron chi connectivity index (χ2n) is 7.17. The van der Waals surface area contributed by atoms with Gasteiger partial charge in [-0.2, -0.15) is 5.10 Å². The van der Waals surface area contributed by atoms with Crippen molar-refractivity contribution in [1.29, 1.82) is 0 Å². The number of benzene rings is 1. The Morgan fingerprint density at radius 1 is 1.22 bits per heavy atom. The maximum atomic E-state index is 12.9. The molecule has 1 aliphatic heterocycles. The highest BCUT2D eigenvalue weighted by Crippen LogP contribution is 2.31. The Morgan fingerprint density at radius 2 is 1.96 bits per heavy atom. The topological polar surface area (TPSA) is 90.3 Å². The molecule has 7 nitrogen and oxygen atoms in total. The number of anilines is 1. The van der Waals surface area contributed by atoms with Crippen molar-refractivity contribution in [3.8, 4) is 5.75 Å². The molecular formula is C19H23N3O4S. The molecule has 1 aromatic heterocycles. The number of carbonyl (C=O) groups excluding carboxylic acids is 1. The molecule has 1 aliphatic carbocycles. The average Bonchev–Trinajstić information content (AvgIpc) is 3.22. The first-order chi connectivity index (χ1) is 13.0. The molecule has 144 valence electrons. The Labute approximate surface area is 158 Å². The number of nitrogens with one attached hydrogen (secondary N) is 1. The highest BCUT2D eigenvalue weighted by molar-refractivity contribution is 7.91. The van der Waals surface area contributed by atoms with Crippen LogP contribution in [0.3, 0.4) is 0 Å². The molecule has 4 rings (SSSR count). The zero-order valence-electron chi connectivity index (χ0n) is 15.3. The summed E-state index contributed by atoms with van der Waals surface area (Å²) in [6, 6.07) is 6.97. The minimum absolute atomic E-state index is 0.112. The number of hydrogen-bond donors (Lipinski definition) is 1. The van der Waals surface area contributed by atoms with Crippen LogP contribution in [0, 0.1) is 0 Å². The van der Waals surface area contributed by atoms with E-state index in [0.29, 0.717) is 17.8 Å². The van der Waals surface area contributed by atoms with E-state index in [2.05, 4.69) is 10.4 Å². The highest BCUT2D eigenvalue weighted by Gasteiger charge is 2.34. The largest absolute Gasteiger partial charge is 0.497 e. The molecule has 0 saturated carbocycles. The Bertz CT molecular complexity index is 964. The van der Waals surface area contributed by atoms with E-state index in [1.807, 2.05) is 4.68 Å². The van der Waals surface area contributed by atoms with Crippen LogP contribution in [0.5, 0.6) is 5.75 Å². The molecule has 1 N–H and O–H groups in total. The van der Waals surface area contributed by atoms with E-state index in [9.17, 15) is 13.2 Å². The van der Waals surface area contributed by atoms with Gasteiger partial charge in [0.25, 0.3) is 5.91 Å². The fourth-order valence-corrected chi connectivity index (χ4v) is 5.64. The van der Waals surface area contributed by atoms with Gasteiger partial charge >= 0.3 is 0 Å². The molecule has 1 saturated heterocycles. The van der Waals surface area contributed by atoms with Gasteiger partial charge in [0.2, 0.25) is 0 Å². The molecule has 1 aromatic carbocycles. The number of rotatable bonds is 4. The molecule has 1 fully saturated rings. The summed E-state index contributed by atoms with van der Waals surface area (Å²) < 4.78 is 30.7. The molecule has 0 radical (unpaired) electrons. The lowest BCUT2D eigenvalue weighted by atomic mass is 9.95. The van der Waals surface area contributed by atoms with Crippen LogP contribution < -0.4 is 10.1 Å². The van der Waals surface area contributed by atoms with Gasteiger partial charge in [-0.05, 0) is 56.4 Å². The lowest BCUT2D eigenvalue weighted by Gasteiger charge is -2.17. The highest BCUT2D eigenvalue weighted by atomic mass is 32.2. The van der Waals surface area contributed by atoms with Crippen molar-refractivity contribution < 1.29 is 17.9 Å². The molecule has 2 aliphatic rings. The van der Waals surface area contributed by atoms with E-state index in [0.717, 1.165) is 42.7 Å². The quantitative estimate of drug-likeness (QED) is 0.867. The third-order valence-electron chi connectivity index (χ3n) is 5.33. The SMILES string of the molecule is COc1ccc(NC(=O)c2nn([C@H]3CCS(=O)(=O)C3)c3c2CCCC3)cc1. The van der Waals surface area contributed by atoms with Gasteiger partial charge in [0, 0.05) is 16.9 Å². The minimum atomic E-state index is -3.01. The van der Waals surface area contributed by atoms with Gasteiger partial charge in [0.15, 0.2) is 15.5 Å². The van der Waals surface area contributed by atoms with E-state index in [1.165, 1.54) is 0 Å². The first kappa shape index (κ1) is 18.0. The number of methoxy groups -OCH3 is 1. The molecule has 2 aromatic rings. The number of amides is 1. The fourth-order valence-electron chi connectivity index (χ4n) is 3.94. The average molecular weight is 389 g/mol. The zero-order chi connectivity index (χ0) is 19.0. The lowest BCUT2D eigenvalue weighted by molar-refractivity contribution is 0.102. The summed E-state index contributed by atoms with van der Waals surface area (Å²) in [6.45, 7) is 0. The van der Waals surface area contributed by atoms with Crippen LogP contribution in [0.25, 0.3) is 0 Å². The Morgan fingerprint density at radius 3 is 2.63 bits per heavy atom. The Kier molecular flexibility index (Phi) is 4.67. The summed E-state index contributed by atoms with van der Waals surface area (Å²) in [5.74, 6) is 0.774. The van der Waals surface area contributed by atoms with Crippen LogP contribution in [0.1, 0.15) is 47.1 Å². The number of aromatic nitrogens is 2. The molecule has 1 atom stereocenters. The van der Waals surface area contributed by atoms with Crippen LogP contribution in [0.2, 0.25) is 0 Å². The minimum Gasteiger partial charge on any atom is -0.497 e. The van der Waals surface area contributed by atoms with E-state index in [-0.39, 0.29) is 23.5 Å². The monoisotopic (exact) mass is 389 g/mol. The summed E-state index contributed by atoms with van der Waals surface area (Å²) in [4.78, 5) is 12.9. The van der Waals surface area contributed by atoms with Crippen molar-refractivity contribution >= 4 is 21.4 Å². The van der Waals surface area contributed by atoms with Crippen molar-refractivity contribution in [2.75, 3.05) is 23.9 Å². The molecule has 2 heterocycles. The van der Waals surface area contributed by atoms with Crippen LogP contribution >= 0.6 is 0 Å². The first-order valence-corrected chi connectivity index (χ1v) is 11.0. The van der Waals surface area contributed by atoms with Crippen molar-refractivity contribution in [2.45, 2.75) is 38.1 Å². The van der Waals surface area contributed by atoms with E-state index >= 15 is 0 Å². The van der Waals surface area contributed by atoms with Crippen LogP contribution in [0.4, 0.5) is 5.69 Å². The first-order valence-electron chi connectivity index (χ1n) is 9.23. The van der Waals surface area contributed by atoms with Crippen LogP contribution in [-0.2, 0) is 22.7 Å². The molecular weight excluding hydrogens is 366 g/mol. The van der Waals surface area contributed by atoms with Gasteiger partial charge in [0.1, 0.15) is 5.75 Å². The maximum absolute atomic E-state index is 12.9. The number of ether oxygens (including phenoxy) is 1. The number of carbonyl (C=O) groups is 1. The molecule has 8 heteroatoms. The molecule has 27 heavy (non-hydrogen) atoms. The summed E-state index contributed by atoms with van der Waals surface area (Å²) in [6.07, 6.45) is 4.27. The molecule has 0 bridgehead atoms. The number of hydrogen-bond acceptors (Lipinski definition) is 5. The number of sulfone groups is 1. The zero-order valence-corrected chi connectivity index (χ0v) is 16.1. The molecule has 0 spiro atoms. The van der Waals surface area contributed by atoms with Gasteiger partial charge < -0.3 is 10.1 Å². The summed E-state index contributed by atoms with van der Waals surface area (Å²) in [5, 5.41) is 7.48. The summed E-state index contributed by atoms with van der Waals surface area (Å²) >= 11 is 0. The smallest absolute Gasteiger partial charge is 0.276 e. The molecule has 1 amide bonds. The van der Waals surface area contributed by atoms with Gasteiger partial charge in [0.05, 0.1) is 24.7 Å². The third-order valence-corrected chi connectivity index (χ3v) is 7.08. The normalized spacial score (nSPS) is 20.9. The molecule has 0 unspecified atom stereocenters. The van der Waals surface area contributed by atoms with Gasteiger partial charge in [-0.25, -0.2) is 8.42 Å². The Hall–Kier alpha value is -2.35. The summed E-state index contributed by atoms with van der Waals surface area (Å²) in [5.41, 5.74) is 3.09. The van der Waals surface area contributed by atoms with E-state index in [4.69, 9.17) is 4.74 Å². The third kappa shape index (κ3) is 3.58. The van der Waals surface area contributed by atoms with Crippen LogP contribution in [0.15, 0.2) is 24.3 Å².